The first kappa shape index (κ1) is 33.3. The molecule has 1 heterocycles. The third kappa shape index (κ3) is 49.6. The van der Waals surface area contributed by atoms with Gasteiger partial charge >= 0.3 is 19.4 Å². The van der Waals surface area contributed by atoms with Gasteiger partial charge in [0.15, 0.2) is 0 Å². The fourth-order valence-corrected chi connectivity index (χ4v) is 0.709. The lowest BCUT2D eigenvalue weighted by molar-refractivity contribution is 0.350. The van der Waals surface area contributed by atoms with Gasteiger partial charge in [-0.25, -0.2) is 4.98 Å². The predicted octanol–water partition coefficient (Wildman–Crippen LogP) is 1.62. The van der Waals surface area contributed by atoms with Gasteiger partial charge in [-0.3, -0.25) is 0 Å². The smallest absolute Gasteiger partial charge is 0.319 e. The number of methoxy groups -OCH3 is 2. The van der Waals surface area contributed by atoms with Gasteiger partial charge in [0.1, 0.15) is 0 Å². The van der Waals surface area contributed by atoms with Crippen LogP contribution in [0.5, 0.6) is 11.9 Å². The molecule has 0 saturated heterocycles. The highest BCUT2D eigenvalue weighted by molar-refractivity contribution is 8.06. The molecule has 0 aliphatic heterocycles. The van der Waals surface area contributed by atoms with Crippen LogP contribution in [0.15, 0.2) is 6.07 Å². The van der Waals surface area contributed by atoms with Gasteiger partial charge in [0.05, 0.1) is 14.2 Å². The van der Waals surface area contributed by atoms with E-state index in [1.54, 1.807) is 13.2 Å². The average molecular weight is 456 g/mol. The van der Waals surface area contributed by atoms with E-state index in [9.17, 15) is 0 Å². The van der Waals surface area contributed by atoms with E-state index in [-0.39, 0.29) is 0 Å². The van der Waals surface area contributed by atoms with E-state index in [4.69, 9.17) is 38.8 Å². The minimum atomic E-state index is -3.81. The molecule has 1 aromatic heterocycles. The van der Waals surface area contributed by atoms with Crippen molar-refractivity contribution in [2.45, 2.75) is 41.0 Å². The van der Waals surface area contributed by atoms with Gasteiger partial charge in [-0.15, -0.1) is 0 Å². The zero-order valence-electron chi connectivity index (χ0n) is 15.9. The average Bonchev–Trinajstić information content (AvgIpc) is 2.46. The molecule has 0 bridgehead atoms. The molecule has 6 N–H and O–H groups in total. The van der Waals surface area contributed by atoms with Crippen molar-refractivity contribution in [3.63, 3.8) is 0 Å². The van der Waals surface area contributed by atoms with Crippen LogP contribution in [0.1, 0.15) is 39.8 Å². The van der Waals surface area contributed by atoms with E-state index in [1.165, 1.54) is 13.5 Å². The first-order valence-electron chi connectivity index (χ1n) is 7.18. The van der Waals surface area contributed by atoms with Crippen molar-refractivity contribution in [3.05, 3.63) is 11.8 Å². The molecular weight excluding hydrogens is 426 g/mol. The molecule has 1 aromatic rings. The number of aryl methyl sites for hydroxylation is 1. The van der Waals surface area contributed by atoms with Crippen LogP contribution in [0.4, 0.5) is 0 Å². The number of ether oxygens (including phenoxy) is 2. The number of nitrogens with zero attached hydrogens (tertiary/aromatic N) is 2. The maximum absolute atomic E-state index is 7.56. The number of hydrogen-bond donors (Lipinski definition) is 6. The highest BCUT2D eigenvalue weighted by Gasteiger charge is 2.00. The summed E-state index contributed by atoms with van der Waals surface area (Å²) in [6.07, 6.45) is 1.25. The first-order chi connectivity index (χ1) is 11.7. The molecular formula is C12H30N2O8P2S2. The Bertz CT molecular complexity index is 481. The van der Waals surface area contributed by atoms with E-state index in [2.05, 4.69) is 47.4 Å². The van der Waals surface area contributed by atoms with Gasteiger partial charge in [0.2, 0.25) is 5.88 Å². The first-order valence-corrected chi connectivity index (χ1v) is 12.5. The van der Waals surface area contributed by atoms with Crippen molar-refractivity contribution in [2.24, 2.45) is 0 Å². The summed E-state index contributed by atoms with van der Waals surface area (Å²) in [5.74, 6) is 0.523. The maximum atomic E-state index is 7.56. The normalized spacial score (nSPS) is 9.42. The topological polar surface area (TPSA) is 166 Å². The van der Waals surface area contributed by atoms with Gasteiger partial charge in [0.25, 0.3) is 0 Å². The summed E-state index contributed by atoms with van der Waals surface area (Å²) in [7, 11) is 3.08. The Morgan fingerprint density at radius 1 is 0.885 bits per heavy atom. The molecule has 0 spiro atoms. The summed E-state index contributed by atoms with van der Waals surface area (Å²) in [6, 6.07) is 2.07. The molecule has 0 amide bonds. The molecule has 0 aromatic carbocycles. The SMILES string of the molecule is CC.CCC.COc1cc(C)nc(OC)n1.OP(O)(O)=S.OP(O)(O)=S. The fourth-order valence-electron chi connectivity index (χ4n) is 0.709. The van der Waals surface area contributed by atoms with E-state index in [1.807, 2.05) is 20.8 Å². The molecule has 10 nitrogen and oxygen atoms in total. The van der Waals surface area contributed by atoms with Crippen LogP contribution in [-0.4, -0.2) is 53.5 Å². The second kappa shape index (κ2) is 19.5. The van der Waals surface area contributed by atoms with Crippen molar-refractivity contribution in [2.75, 3.05) is 14.2 Å². The molecule has 0 unspecified atom stereocenters. The molecule has 158 valence electrons. The van der Waals surface area contributed by atoms with Gasteiger partial charge in [-0.2, -0.15) is 4.98 Å². The van der Waals surface area contributed by atoms with Crippen LogP contribution < -0.4 is 9.47 Å². The largest absolute Gasteiger partial charge is 0.481 e. The second-order valence-corrected chi connectivity index (χ2v) is 8.76. The van der Waals surface area contributed by atoms with Crippen molar-refractivity contribution >= 4 is 37.1 Å². The number of rotatable bonds is 2. The molecule has 0 saturated carbocycles. The molecule has 26 heavy (non-hydrogen) atoms. The van der Waals surface area contributed by atoms with Gasteiger partial charge in [-0.1, -0.05) is 34.1 Å². The van der Waals surface area contributed by atoms with Gasteiger partial charge in [-0.05, 0) is 30.5 Å². The van der Waals surface area contributed by atoms with Crippen LogP contribution in [-0.2, 0) is 23.6 Å². The Morgan fingerprint density at radius 3 is 1.42 bits per heavy atom. The quantitative estimate of drug-likeness (QED) is 0.357. The van der Waals surface area contributed by atoms with E-state index < -0.39 is 13.4 Å². The Morgan fingerprint density at radius 2 is 1.19 bits per heavy atom. The lowest BCUT2D eigenvalue weighted by atomic mass is 10.4. The van der Waals surface area contributed by atoms with Gasteiger partial charge in [0, 0.05) is 11.8 Å². The summed E-state index contributed by atoms with van der Waals surface area (Å²) in [5, 5.41) is 0. The maximum Gasteiger partial charge on any atom is 0.319 e. The summed E-state index contributed by atoms with van der Waals surface area (Å²) in [6.45, 7) is 2.49. The Hall–Kier alpha value is -0.260. The van der Waals surface area contributed by atoms with E-state index >= 15 is 0 Å². The number of aromatic nitrogens is 2. The van der Waals surface area contributed by atoms with Gasteiger partial charge < -0.3 is 38.8 Å². The van der Waals surface area contributed by atoms with E-state index in [0.717, 1.165) is 5.69 Å². The zero-order valence-corrected chi connectivity index (χ0v) is 19.3. The second-order valence-electron chi connectivity index (χ2n) is 3.77. The summed E-state index contributed by atoms with van der Waals surface area (Å²) < 4.78 is 9.74. The number of hydrogen-bond acceptors (Lipinski definition) is 6. The highest BCUT2D eigenvalue weighted by atomic mass is 32.5. The Labute approximate surface area is 165 Å². The summed E-state index contributed by atoms with van der Waals surface area (Å²) in [5.41, 5.74) is 0.828. The predicted molar refractivity (Wildman–Crippen MR) is 109 cm³/mol. The minimum absolute atomic E-state index is 0.335. The van der Waals surface area contributed by atoms with Crippen molar-refractivity contribution in [1.82, 2.24) is 9.97 Å². The van der Waals surface area contributed by atoms with Crippen molar-refractivity contribution in [1.29, 1.82) is 0 Å². The third-order valence-corrected chi connectivity index (χ3v) is 1.20. The van der Waals surface area contributed by atoms with Crippen LogP contribution in [0.25, 0.3) is 0 Å². The zero-order chi connectivity index (χ0) is 22.0. The van der Waals surface area contributed by atoms with Crippen LogP contribution in [0.2, 0.25) is 0 Å². The standard InChI is InChI=1S/C7H10N2O2.C3H8.C2H6.2H3O3PS/c1-5-4-6(10-2)9-7(8-5)11-3;1-3-2;1-2;2*1-4(2,3)5/h4H,1-3H3;3H2,1-2H3;1-2H3;2*(H3,1,2,3,5). The molecule has 14 heteroatoms. The molecule has 0 atom stereocenters. The Kier molecular flexibility index (Phi) is 25.0. The summed E-state index contributed by atoms with van der Waals surface area (Å²) >= 11 is 7.21. The summed E-state index contributed by atoms with van der Waals surface area (Å²) in [4.78, 5) is 53.2. The molecule has 0 aliphatic rings. The van der Waals surface area contributed by atoms with Crippen LogP contribution in [0, 0.1) is 6.92 Å². The Balaban J connectivity index is -0.000000137. The van der Waals surface area contributed by atoms with Crippen LogP contribution >= 0.6 is 13.4 Å². The molecule has 0 radical (unpaired) electrons. The molecule has 1 rings (SSSR count). The minimum Gasteiger partial charge on any atom is -0.481 e. The van der Waals surface area contributed by atoms with Crippen LogP contribution in [0.3, 0.4) is 0 Å². The fraction of sp³-hybridized carbons (Fsp3) is 0.667. The third-order valence-electron chi connectivity index (χ3n) is 1.20. The van der Waals surface area contributed by atoms with E-state index in [0.29, 0.717) is 11.9 Å². The molecule has 0 aliphatic carbocycles. The monoisotopic (exact) mass is 456 g/mol. The lowest BCUT2D eigenvalue weighted by Gasteiger charge is -2.01. The van der Waals surface area contributed by atoms with Crippen molar-refractivity contribution in [3.8, 4) is 11.9 Å². The highest BCUT2D eigenvalue weighted by Crippen LogP contribution is 2.26. The molecule has 0 fully saturated rings. The van der Waals surface area contributed by atoms with Crippen molar-refractivity contribution < 1.29 is 38.8 Å². The lowest BCUT2D eigenvalue weighted by Crippen LogP contribution is -1.96.